The summed E-state index contributed by atoms with van der Waals surface area (Å²) in [5, 5.41) is 8.98. The molecule has 0 fully saturated rings. The van der Waals surface area contributed by atoms with Gasteiger partial charge in [0.15, 0.2) is 0 Å². The van der Waals surface area contributed by atoms with E-state index in [1.54, 1.807) is 18.2 Å². The normalized spacial score (nSPS) is 12.8. The summed E-state index contributed by atoms with van der Waals surface area (Å²) >= 11 is 3.26. The van der Waals surface area contributed by atoms with Crippen molar-refractivity contribution in [1.29, 1.82) is 0 Å². The van der Waals surface area contributed by atoms with Crippen LogP contribution in [0.5, 0.6) is 5.75 Å². The van der Waals surface area contributed by atoms with Gasteiger partial charge in [0.1, 0.15) is 22.5 Å². The summed E-state index contributed by atoms with van der Waals surface area (Å²) in [6, 6.07) is 5.28. The third-order valence-corrected chi connectivity index (χ3v) is 5.48. The summed E-state index contributed by atoms with van der Waals surface area (Å²) in [7, 11) is -2.60. The van der Waals surface area contributed by atoms with Crippen molar-refractivity contribution in [2.75, 3.05) is 12.4 Å². The number of carbonyl (C=O) groups excluding carboxylic acids is 1. The number of hydrogen-bond donors (Lipinski definition) is 3. The molecule has 2 aromatic rings. The van der Waals surface area contributed by atoms with Crippen LogP contribution in [0.15, 0.2) is 39.8 Å². The first-order valence-electron chi connectivity index (χ1n) is 7.89. The number of benzene rings is 1. The van der Waals surface area contributed by atoms with E-state index in [1.807, 2.05) is 13.8 Å². The second-order valence-electron chi connectivity index (χ2n) is 6.06. The van der Waals surface area contributed by atoms with E-state index in [0.717, 1.165) is 0 Å². The fourth-order valence-electron chi connectivity index (χ4n) is 2.34. The number of anilines is 1. The maximum Gasteiger partial charge on any atom is 0.245 e. The zero-order valence-corrected chi connectivity index (χ0v) is 17.0. The van der Waals surface area contributed by atoms with Crippen molar-refractivity contribution >= 4 is 37.7 Å². The Morgan fingerprint density at radius 1 is 1.35 bits per heavy atom. The van der Waals surface area contributed by atoms with Crippen molar-refractivity contribution in [3.63, 3.8) is 0 Å². The Kier molecular flexibility index (Phi) is 6.79. The molecule has 1 atom stereocenters. The van der Waals surface area contributed by atoms with Gasteiger partial charge in [-0.2, -0.15) is 9.82 Å². The lowest BCUT2D eigenvalue weighted by molar-refractivity contribution is -0.118. The molecule has 2 rings (SSSR count). The van der Waals surface area contributed by atoms with Crippen LogP contribution in [0, 0.1) is 5.92 Å². The Hall–Kier alpha value is -1.91. The number of nitrogens with one attached hydrogen (secondary N) is 3. The highest BCUT2D eigenvalue weighted by Crippen LogP contribution is 2.27. The Bertz CT molecular complexity index is 853. The van der Waals surface area contributed by atoms with Crippen LogP contribution in [-0.4, -0.2) is 37.7 Å². The Labute approximate surface area is 160 Å². The summed E-state index contributed by atoms with van der Waals surface area (Å²) in [5.74, 6) is 0.209. The summed E-state index contributed by atoms with van der Waals surface area (Å²) in [5.41, 5.74) is 0. The maximum absolute atomic E-state index is 12.9. The highest BCUT2D eigenvalue weighted by Gasteiger charge is 2.29. The number of aromatic nitrogens is 2. The van der Waals surface area contributed by atoms with Crippen LogP contribution in [0.1, 0.15) is 20.3 Å². The summed E-state index contributed by atoms with van der Waals surface area (Å²) in [4.78, 5) is 12.5. The smallest absolute Gasteiger partial charge is 0.245 e. The van der Waals surface area contributed by atoms with Gasteiger partial charge >= 0.3 is 0 Å². The van der Waals surface area contributed by atoms with Crippen LogP contribution in [0.2, 0.25) is 0 Å². The molecule has 0 saturated heterocycles. The van der Waals surface area contributed by atoms with E-state index in [-0.39, 0.29) is 16.6 Å². The molecule has 1 aromatic heterocycles. The van der Waals surface area contributed by atoms with Gasteiger partial charge in [0.25, 0.3) is 0 Å². The first kappa shape index (κ1) is 20.4. The van der Waals surface area contributed by atoms with Gasteiger partial charge in [0.05, 0.1) is 13.3 Å². The highest BCUT2D eigenvalue weighted by molar-refractivity contribution is 9.10. The number of H-pyrrole nitrogens is 1. The number of amides is 1. The van der Waals surface area contributed by atoms with Gasteiger partial charge in [0.2, 0.25) is 15.9 Å². The second kappa shape index (κ2) is 8.65. The maximum atomic E-state index is 12.9. The molecule has 0 aliphatic rings. The molecule has 8 nitrogen and oxygen atoms in total. The molecule has 0 aliphatic heterocycles. The fourth-order valence-corrected chi connectivity index (χ4v) is 4.25. The van der Waals surface area contributed by atoms with Crippen molar-refractivity contribution in [1.82, 2.24) is 14.9 Å². The van der Waals surface area contributed by atoms with Crippen LogP contribution in [-0.2, 0) is 14.8 Å². The quantitative estimate of drug-likeness (QED) is 0.578. The standard InChI is InChI=1S/C16H21BrN4O4S/c1-10(2)8-12(16(22)19-15-6-7-18-20-15)21-26(23,24)14-9-11(17)4-5-13(14)25-3/h4-7,9-10,12,21H,8H2,1-3H3,(H2,18,19,20,22). The predicted molar refractivity (Wildman–Crippen MR) is 101 cm³/mol. The number of rotatable bonds is 8. The van der Waals surface area contributed by atoms with E-state index < -0.39 is 22.0 Å². The molecule has 1 amide bonds. The number of halogens is 1. The molecule has 0 bridgehead atoms. The molecule has 26 heavy (non-hydrogen) atoms. The zero-order valence-electron chi connectivity index (χ0n) is 14.6. The highest BCUT2D eigenvalue weighted by atomic mass is 79.9. The monoisotopic (exact) mass is 444 g/mol. The number of carbonyl (C=O) groups is 1. The van der Waals surface area contributed by atoms with Crippen molar-refractivity contribution in [3.05, 3.63) is 34.9 Å². The Morgan fingerprint density at radius 2 is 2.08 bits per heavy atom. The predicted octanol–water partition coefficient (Wildman–Crippen LogP) is 2.51. The van der Waals surface area contributed by atoms with Gasteiger partial charge in [-0.3, -0.25) is 9.89 Å². The SMILES string of the molecule is COc1ccc(Br)cc1S(=O)(=O)NC(CC(C)C)C(=O)Nc1ccn[nH]1. The molecule has 10 heteroatoms. The lowest BCUT2D eigenvalue weighted by Crippen LogP contribution is -2.44. The lowest BCUT2D eigenvalue weighted by atomic mass is 10.0. The van der Waals surface area contributed by atoms with Crippen LogP contribution in [0.3, 0.4) is 0 Å². The van der Waals surface area contributed by atoms with Crippen molar-refractivity contribution in [3.8, 4) is 5.75 Å². The fraction of sp³-hybridized carbons (Fsp3) is 0.375. The zero-order chi connectivity index (χ0) is 19.3. The molecule has 1 aromatic carbocycles. The second-order valence-corrected chi connectivity index (χ2v) is 8.66. The van der Waals surface area contributed by atoms with Crippen LogP contribution in [0.25, 0.3) is 0 Å². The first-order valence-corrected chi connectivity index (χ1v) is 10.2. The van der Waals surface area contributed by atoms with Crippen molar-refractivity contribution in [2.45, 2.75) is 31.2 Å². The third-order valence-electron chi connectivity index (χ3n) is 3.49. The number of ether oxygens (including phenoxy) is 1. The molecular weight excluding hydrogens is 424 g/mol. The Morgan fingerprint density at radius 3 is 2.65 bits per heavy atom. The third kappa shape index (κ3) is 5.29. The van der Waals surface area contributed by atoms with Crippen LogP contribution in [0.4, 0.5) is 5.82 Å². The van der Waals surface area contributed by atoms with Gasteiger partial charge in [-0.15, -0.1) is 0 Å². The van der Waals surface area contributed by atoms with Gasteiger partial charge in [0, 0.05) is 10.5 Å². The molecule has 142 valence electrons. The van der Waals surface area contributed by atoms with Gasteiger partial charge in [-0.1, -0.05) is 29.8 Å². The Balaban J connectivity index is 2.29. The van der Waals surface area contributed by atoms with Gasteiger partial charge < -0.3 is 10.1 Å². The van der Waals surface area contributed by atoms with Crippen LogP contribution >= 0.6 is 15.9 Å². The van der Waals surface area contributed by atoms with Crippen molar-refractivity contribution in [2.24, 2.45) is 5.92 Å². The summed E-state index contributed by atoms with van der Waals surface area (Å²) in [6.45, 7) is 3.81. The van der Waals surface area contributed by atoms with E-state index in [9.17, 15) is 13.2 Å². The van der Waals surface area contributed by atoms with Gasteiger partial charge in [-0.25, -0.2) is 8.42 Å². The molecule has 3 N–H and O–H groups in total. The molecule has 0 spiro atoms. The van der Waals surface area contributed by atoms with E-state index in [4.69, 9.17) is 4.74 Å². The largest absolute Gasteiger partial charge is 0.495 e. The van der Waals surface area contributed by atoms with E-state index in [0.29, 0.717) is 16.7 Å². The van der Waals surface area contributed by atoms with E-state index in [2.05, 4.69) is 36.2 Å². The molecule has 0 saturated carbocycles. The molecule has 1 unspecified atom stereocenters. The van der Waals surface area contributed by atoms with Crippen molar-refractivity contribution < 1.29 is 17.9 Å². The van der Waals surface area contributed by atoms with E-state index in [1.165, 1.54) is 19.4 Å². The number of methoxy groups -OCH3 is 1. The molecule has 1 heterocycles. The summed E-state index contributed by atoms with van der Waals surface area (Å²) in [6.07, 6.45) is 1.82. The average Bonchev–Trinajstić information content (AvgIpc) is 3.06. The number of nitrogens with zero attached hydrogens (tertiary/aromatic N) is 1. The molecule has 0 aliphatic carbocycles. The minimum atomic E-state index is -3.99. The minimum absolute atomic E-state index is 0.0440. The van der Waals surface area contributed by atoms with Gasteiger partial charge in [-0.05, 0) is 30.5 Å². The number of hydrogen-bond acceptors (Lipinski definition) is 5. The first-order chi connectivity index (χ1) is 12.2. The number of aromatic amines is 1. The van der Waals surface area contributed by atoms with E-state index >= 15 is 0 Å². The average molecular weight is 445 g/mol. The minimum Gasteiger partial charge on any atom is -0.495 e. The van der Waals surface area contributed by atoms with Crippen LogP contribution < -0.4 is 14.8 Å². The summed E-state index contributed by atoms with van der Waals surface area (Å²) < 4.78 is 33.9. The molecular formula is C16H21BrN4O4S. The lowest BCUT2D eigenvalue weighted by Gasteiger charge is -2.20. The number of sulfonamides is 1. The molecule has 0 radical (unpaired) electrons. The topological polar surface area (TPSA) is 113 Å².